The van der Waals surface area contributed by atoms with Gasteiger partial charge in [-0.25, -0.2) is 4.98 Å². The first kappa shape index (κ1) is 15.4. The van der Waals surface area contributed by atoms with Gasteiger partial charge in [-0.05, 0) is 31.0 Å². The van der Waals surface area contributed by atoms with Gasteiger partial charge < -0.3 is 10.3 Å². The summed E-state index contributed by atoms with van der Waals surface area (Å²) in [7, 11) is 0. The van der Waals surface area contributed by atoms with Gasteiger partial charge >= 0.3 is 0 Å². The topological polar surface area (TPSA) is 89.2 Å². The van der Waals surface area contributed by atoms with Crippen molar-refractivity contribution in [2.24, 2.45) is 5.73 Å². The van der Waals surface area contributed by atoms with Gasteiger partial charge in [0.15, 0.2) is 0 Å². The highest BCUT2D eigenvalue weighted by Crippen LogP contribution is 2.12. The van der Waals surface area contributed by atoms with Crippen LogP contribution in [0, 0.1) is 12.3 Å². The highest BCUT2D eigenvalue weighted by Gasteiger charge is 2.14. The van der Waals surface area contributed by atoms with E-state index in [-0.39, 0.29) is 16.0 Å². The van der Waals surface area contributed by atoms with Crippen LogP contribution in [0.15, 0.2) is 29.2 Å². The number of nitrogens with one attached hydrogen (secondary N) is 1. The van der Waals surface area contributed by atoms with Gasteiger partial charge in [-0.3, -0.25) is 14.6 Å². The van der Waals surface area contributed by atoms with E-state index >= 15 is 0 Å². The Hall–Kier alpha value is -2.54. The number of fused-ring (bicyclic) bond motifs is 2. The van der Waals surface area contributed by atoms with Gasteiger partial charge in [-0.1, -0.05) is 25.2 Å². The minimum absolute atomic E-state index is 0.107. The second-order valence-electron chi connectivity index (χ2n) is 5.46. The van der Waals surface area contributed by atoms with E-state index in [1.165, 1.54) is 4.40 Å². The van der Waals surface area contributed by atoms with Crippen molar-refractivity contribution in [3.8, 4) is 0 Å². The van der Waals surface area contributed by atoms with Crippen LogP contribution >= 0.6 is 12.2 Å². The third kappa shape index (κ3) is 2.33. The molecule has 3 N–H and O–H groups in total. The molecule has 3 heterocycles. The van der Waals surface area contributed by atoms with E-state index in [0.29, 0.717) is 28.8 Å². The zero-order chi connectivity index (χ0) is 16.7. The molecule has 3 aromatic rings. The van der Waals surface area contributed by atoms with Gasteiger partial charge in [0.05, 0.1) is 10.9 Å². The number of aromatic nitrogens is 3. The SMILES string of the molecule is CCCn1c(=N)c(C(N)=S)cc2c(=O)n3cccc(C)c3nc21. The number of hydrogen-bond donors (Lipinski definition) is 2. The Labute approximate surface area is 137 Å². The van der Waals surface area contributed by atoms with Gasteiger partial charge in [-0.15, -0.1) is 0 Å². The number of rotatable bonds is 3. The van der Waals surface area contributed by atoms with Crippen LogP contribution in [0.1, 0.15) is 24.5 Å². The fourth-order valence-corrected chi connectivity index (χ4v) is 2.88. The van der Waals surface area contributed by atoms with Crippen molar-refractivity contribution in [2.75, 3.05) is 0 Å². The van der Waals surface area contributed by atoms with E-state index in [0.717, 1.165) is 12.0 Å². The summed E-state index contributed by atoms with van der Waals surface area (Å²) in [5, 5.41) is 8.76. The van der Waals surface area contributed by atoms with Gasteiger partial charge in [0.25, 0.3) is 5.56 Å². The number of pyridine rings is 2. The smallest absolute Gasteiger partial charge is 0.267 e. The maximum atomic E-state index is 12.8. The largest absolute Gasteiger partial charge is 0.389 e. The Morgan fingerprint density at radius 1 is 1.43 bits per heavy atom. The summed E-state index contributed by atoms with van der Waals surface area (Å²) in [6.45, 7) is 4.48. The molecular weight excluding hydrogens is 310 g/mol. The van der Waals surface area contributed by atoms with E-state index < -0.39 is 0 Å². The van der Waals surface area contributed by atoms with Crippen LogP contribution in [0.25, 0.3) is 16.7 Å². The molecule has 0 saturated heterocycles. The molecular formula is C16H17N5OS. The van der Waals surface area contributed by atoms with Crippen molar-refractivity contribution in [1.82, 2.24) is 14.0 Å². The first-order valence-electron chi connectivity index (χ1n) is 7.35. The summed E-state index contributed by atoms with van der Waals surface area (Å²) in [6, 6.07) is 5.30. The van der Waals surface area contributed by atoms with Crippen molar-refractivity contribution in [1.29, 1.82) is 5.41 Å². The molecule has 0 amide bonds. The zero-order valence-electron chi connectivity index (χ0n) is 13.0. The quantitative estimate of drug-likeness (QED) is 0.563. The average molecular weight is 327 g/mol. The molecule has 0 fully saturated rings. The van der Waals surface area contributed by atoms with Crippen molar-refractivity contribution < 1.29 is 0 Å². The molecule has 0 aliphatic heterocycles. The number of nitrogens with two attached hydrogens (primary N) is 1. The van der Waals surface area contributed by atoms with E-state index in [2.05, 4.69) is 4.98 Å². The molecule has 7 heteroatoms. The molecule has 0 saturated carbocycles. The van der Waals surface area contributed by atoms with E-state index in [4.69, 9.17) is 23.4 Å². The normalized spacial score (nSPS) is 11.2. The standard InChI is InChI=1S/C16H17N5OS/c1-3-6-20-12(17)10(13(18)23)8-11-15(20)19-14-9(2)5-4-7-21(14)16(11)22/h4-5,7-8,17H,3,6H2,1-2H3,(H2,18,23). The fraction of sp³-hybridized carbons (Fsp3) is 0.250. The van der Waals surface area contributed by atoms with Gasteiger partial charge in [-0.2, -0.15) is 0 Å². The van der Waals surface area contributed by atoms with Crippen LogP contribution in [0.4, 0.5) is 0 Å². The predicted molar refractivity (Wildman–Crippen MR) is 93.7 cm³/mol. The second-order valence-corrected chi connectivity index (χ2v) is 5.90. The Morgan fingerprint density at radius 3 is 2.83 bits per heavy atom. The van der Waals surface area contributed by atoms with Crippen molar-refractivity contribution in [3.05, 3.63) is 51.4 Å². The molecule has 0 aromatic carbocycles. The lowest BCUT2D eigenvalue weighted by atomic mass is 10.2. The van der Waals surface area contributed by atoms with Crippen molar-refractivity contribution in [2.45, 2.75) is 26.8 Å². The fourth-order valence-electron chi connectivity index (χ4n) is 2.73. The molecule has 23 heavy (non-hydrogen) atoms. The number of nitrogens with zero attached hydrogens (tertiary/aromatic N) is 3. The summed E-state index contributed by atoms with van der Waals surface area (Å²) in [6.07, 6.45) is 2.50. The molecule has 6 nitrogen and oxygen atoms in total. The number of aryl methyl sites for hydroxylation is 2. The summed E-state index contributed by atoms with van der Waals surface area (Å²) >= 11 is 5.03. The first-order valence-corrected chi connectivity index (χ1v) is 7.76. The Kier molecular flexibility index (Phi) is 3.73. The highest BCUT2D eigenvalue weighted by molar-refractivity contribution is 7.80. The maximum absolute atomic E-state index is 12.8. The van der Waals surface area contributed by atoms with Crippen LogP contribution in [0.2, 0.25) is 0 Å². The molecule has 118 valence electrons. The lowest BCUT2D eigenvalue weighted by Gasteiger charge is -2.14. The summed E-state index contributed by atoms with van der Waals surface area (Å²) in [4.78, 5) is 17.6. The molecule has 0 radical (unpaired) electrons. The Bertz CT molecular complexity index is 1060. The zero-order valence-corrected chi connectivity index (χ0v) is 13.8. The lowest BCUT2D eigenvalue weighted by Crippen LogP contribution is -2.32. The summed E-state index contributed by atoms with van der Waals surface area (Å²) in [5.41, 5.74) is 8.12. The lowest BCUT2D eigenvalue weighted by molar-refractivity contribution is 0.654. The van der Waals surface area contributed by atoms with Gasteiger partial charge in [0.1, 0.15) is 21.8 Å². The molecule has 0 aliphatic rings. The molecule has 3 rings (SSSR count). The molecule has 0 spiro atoms. The van der Waals surface area contributed by atoms with Crippen LogP contribution in [0.5, 0.6) is 0 Å². The molecule has 0 atom stereocenters. The third-order valence-corrected chi connectivity index (χ3v) is 4.07. The minimum Gasteiger partial charge on any atom is -0.389 e. The third-order valence-electron chi connectivity index (χ3n) is 3.85. The molecule has 0 unspecified atom stereocenters. The maximum Gasteiger partial charge on any atom is 0.267 e. The van der Waals surface area contributed by atoms with E-state index in [1.807, 2.05) is 26.0 Å². The van der Waals surface area contributed by atoms with Crippen LogP contribution < -0.4 is 16.8 Å². The van der Waals surface area contributed by atoms with Crippen molar-refractivity contribution in [3.63, 3.8) is 0 Å². The average Bonchev–Trinajstić information content (AvgIpc) is 2.51. The predicted octanol–water partition coefficient (Wildman–Crippen LogP) is 1.48. The summed E-state index contributed by atoms with van der Waals surface area (Å²) < 4.78 is 3.22. The second kappa shape index (κ2) is 5.58. The molecule has 3 aromatic heterocycles. The molecule has 0 aliphatic carbocycles. The van der Waals surface area contributed by atoms with Crippen LogP contribution in [-0.2, 0) is 6.54 Å². The summed E-state index contributed by atoms with van der Waals surface area (Å²) in [5.74, 6) is 0. The Balaban J connectivity index is 2.60. The monoisotopic (exact) mass is 327 g/mol. The Morgan fingerprint density at radius 2 is 2.17 bits per heavy atom. The minimum atomic E-state index is -0.184. The number of thiocarbonyl (C=S) groups is 1. The first-order chi connectivity index (χ1) is 11.0. The van der Waals surface area contributed by atoms with Crippen molar-refractivity contribution >= 4 is 33.9 Å². The van der Waals surface area contributed by atoms with Gasteiger partial charge in [0.2, 0.25) is 0 Å². The van der Waals surface area contributed by atoms with E-state index in [1.54, 1.807) is 16.8 Å². The van der Waals surface area contributed by atoms with E-state index in [9.17, 15) is 4.79 Å². The van der Waals surface area contributed by atoms with Crippen LogP contribution in [-0.4, -0.2) is 18.9 Å². The highest BCUT2D eigenvalue weighted by atomic mass is 32.1. The van der Waals surface area contributed by atoms with Crippen LogP contribution in [0.3, 0.4) is 0 Å². The number of hydrogen-bond acceptors (Lipinski definition) is 4. The molecule has 0 bridgehead atoms. The van der Waals surface area contributed by atoms with Gasteiger partial charge in [0, 0.05) is 12.7 Å².